The Labute approximate surface area is 120 Å². The van der Waals surface area contributed by atoms with Crippen LogP contribution < -0.4 is 4.72 Å². The molecule has 0 radical (unpaired) electrons. The first-order valence-corrected chi connectivity index (χ1v) is 7.89. The van der Waals surface area contributed by atoms with Crippen molar-refractivity contribution in [3.05, 3.63) is 46.0 Å². The lowest BCUT2D eigenvalue weighted by Crippen LogP contribution is -2.19. The van der Waals surface area contributed by atoms with Gasteiger partial charge in [0.2, 0.25) is 0 Å². The van der Waals surface area contributed by atoms with Gasteiger partial charge in [-0.25, -0.2) is 8.93 Å². The predicted octanol–water partition coefficient (Wildman–Crippen LogP) is 3.10. The van der Waals surface area contributed by atoms with Gasteiger partial charge in [-0.05, 0) is 38.2 Å². The van der Waals surface area contributed by atoms with Gasteiger partial charge in [0.05, 0.1) is 9.82 Å². The van der Waals surface area contributed by atoms with Gasteiger partial charge in [0, 0.05) is 18.7 Å². The number of hydrogen-bond donors (Lipinski definition) is 1. The molecule has 0 saturated carbocycles. The van der Waals surface area contributed by atoms with Crippen molar-refractivity contribution in [3.63, 3.8) is 0 Å². The largest absolute Gasteiger partial charge is 0.270 e. The van der Waals surface area contributed by atoms with E-state index in [-0.39, 0.29) is 5.69 Å². The van der Waals surface area contributed by atoms with E-state index in [0.717, 1.165) is 19.3 Å². The number of allylic oxidation sites excluding steroid dienone is 1. The van der Waals surface area contributed by atoms with E-state index in [9.17, 15) is 14.3 Å². The monoisotopic (exact) mass is 294 g/mol. The first kappa shape index (κ1) is 14.9. The second kappa shape index (κ2) is 7.31. The lowest BCUT2D eigenvalue weighted by atomic mass is 9.97. The van der Waals surface area contributed by atoms with E-state index in [1.54, 1.807) is 12.1 Å². The molecule has 0 heterocycles. The van der Waals surface area contributed by atoms with Crippen LogP contribution in [0.25, 0.3) is 0 Å². The van der Waals surface area contributed by atoms with E-state index in [1.165, 1.54) is 30.5 Å². The van der Waals surface area contributed by atoms with Gasteiger partial charge in [0.15, 0.2) is 0 Å². The molecule has 1 atom stereocenters. The smallest absolute Gasteiger partial charge is 0.258 e. The number of non-ortho nitro benzene ring substituents is 1. The third-order valence-corrected chi connectivity index (χ3v) is 4.46. The van der Waals surface area contributed by atoms with Gasteiger partial charge in [0.25, 0.3) is 5.69 Å². The lowest BCUT2D eigenvalue weighted by Gasteiger charge is -2.12. The van der Waals surface area contributed by atoms with Crippen molar-refractivity contribution in [2.24, 2.45) is 0 Å². The molecule has 1 N–H and O–H groups in total. The summed E-state index contributed by atoms with van der Waals surface area (Å²) in [6.45, 7) is 0.626. The Morgan fingerprint density at radius 2 is 2.20 bits per heavy atom. The van der Waals surface area contributed by atoms with Gasteiger partial charge in [-0.3, -0.25) is 10.1 Å². The highest BCUT2D eigenvalue weighted by molar-refractivity contribution is 7.83. The molecular weight excluding hydrogens is 276 g/mol. The summed E-state index contributed by atoms with van der Waals surface area (Å²) >= 11 is 0. The summed E-state index contributed by atoms with van der Waals surface area (Å²) < 4.78 is 14.9. The molecule has 1 aromatic carbocycles. The minimum atomic E-state index is -1.40. The van der Waals surface area contributed by atoms with Crippen molar-refractivity contribution >= 4 is 16.7 Å². The normalized spacial score (nSPS) is 16.5. The number of hydrogen-bond acceptors (Lipinski definition) is 3. The standard InChI is InChI=1S/C14H18N2O3S/c17-16(18)13-7-4-8-14(11-13)20(19)15-10-9-12-5-2-1-3-6-12/h4-5,7-8,11,15H,1-3,6,9-10H2/t20-/m0/s1. The molecule has 6 heteroatoms. The summed E-state index contributed by atoms with van der Waals surface area (Å²) in [5.41, 5.74) is 1.38. The van der Waals surface area contributed by atoms with E-state index >= 15 is 0 Å². The zero-order chi connectivity index (χ0) is 14.4. The zero-order valence-corrected chi connectivity index (χ0v) is 12.0. The van der Waals surface area contributed by atoms with Crippen LogP contribution in [0.3, 0.4) is 0 Å². The van der Waals surface area contributed by atoms with Gasteiger partial charge >= 0.3 is 0 Å². The molecule has 0 unspecified atom stereocenters. The van der Waals surface area contributed by atoms with Crippen molar-refractivity contribution in [1.29, 1.82) is 0 Å². The highest BCUT2D eigenvalue weighted by Crippen LogP contribution is 2.20. The molecule has 0 amide bonds. The van der Waals surface area contributed by atoms with Crippen LogP contribution in [0.5, 0.6) is 0 Å². The molecule has 108 valence electrons. The lowest BCUT2D eigenvalue weighted by molar-refractivity contribution is -0.385. The molecular formula is C14H18N2O3S. The van der Waals surface area contributed by atoms with Crippen molar-refractivity contribution in [2.75, 3.05) is 6.54 Å². The van der Waals surface area contributed by atoms with Crippen LogP contribution in [0, 0.1) is 10.1 Å². The van der Waals surface area contributed by atoms with Crippen LogP contribution in [-0.4, -0.2) is 15.7 Å². The van der Waals surface area contributed by atoms with Gasteiger partial charge in [-0.1, -0.05) is 17.7 Å². The first-order valence-electron chi connectivity index (χ1n) is 6.74. The van der Waals surface area contributed by atoms with Gasteiger partial charge in [-0.15, -0.1) is 0 Å². The summed E-state index contributed by atoms with van der Waals surface area (Å²) in [5.74, 6) is 0. The minimum absolute atomic E-state index is 0.0346. The Hall–Kier alpha value is -1.53. The van der Waals surface area contributed by atoms with Crippen LogP contribution in [0.2, 0.25) is 0 Å². The van der Waals surface area contributed by atoms with Gasteiger partial charge in [-0.2, -0.15) is 0 Å². The Morgan fingerprint density at radius 3 is 2.90 bits per heavy atom. The zero-order valence-electron chi connectivity index (χ0n) is 11.2. The van der Waals surface area contributed by atoms with Crippen LogP contribution in [0.15, 0.2) is 40.8 Å². The number of rotatable bonds is 6. The maximum Gasteiger partial charge on any atom is 0.270 e. The van der Waals surface area contributed by atoms with Gasteiger partial charge in [0.1, 0.15) is 11.0 Å². The molecule has 5 nitrogen and oxygen atoms in total. The van der Waals surface area contributed by atoms with Crippen molar-refractivity contribution < 1.29 is 9.13 Å². The maximum atomic E-state index is 12.0. The van der Waals surface area contributed by atoms with Crippen LogP contribution in [-0.2, 0) is 11.0 Å². The molecule has 0 spiro atoms. The second-order valence-electron chi connectivity index (χ2n) is 4.78. The molecule has 20 heavy (non-hydrogen) atoms. The number of benzene rings is 1. The number of nitrogens with one attached hydrogen (secondary N) is 1. The fourth-order valence-electron chi connectivity index (χ4n) is 2.23. The first-order chi connectivity index (χ1) is 9.66. The number of nitrogens with zero attached hydrogens (tertiary/aromatic N) is 1. The predicted molar refractivity (Wildman–Crippen MR) is 78.7 cm³/mol. The van der Waals surface area contributed by atoms with E-state index in [4.69, 9.17) is 0 Å². The molecule has 1 aliphatic carbocycles. The average molecular weight is 294 g/mol. The van der Waals surface area contributed by atoms with Crippen LogP contribution in [0.1, 0.15) is 32.1 Å². The van der Waals surface area contributed by atoms with Crippen LogP contribution >= 0.6 is 0 Å². The summed E-state index contributed by atoms with van der Waals surface area (Å²) in [6, 6.07) is 5.93. The molecule has 0 bridgehead atoms. The Bertz CT molecular complexity index is 543. The Kier molecular flexibility index (Phi) is 5.43. The maximum absolute atomic E-state index is 12.0. The van der Waals surface area contributed by atoms with Crippen LogP contribution in [0.4, 0.5) is 5.69 Å². The van der Waals surface area contributed by atoms with Gasteiger partial charge < -0.3 is 0 Å². The molecule has 2 rings (SSSR count). The highest BCUT2D eigenvalue weighted by atomic mass is 32.2. The molecule has 1 aromatic rings. The fraction of sp³-hybridized carbons (Fsp3) is 0.429. The highest BCUT2D eigenvalue weighted by Gasteiger charge is 2.10. The topological polar surface area (TPSA) is 72.2 Å². The van der Waals surface area contributed by atoms with Crippen molar-refractivity contribution in [3.8, 4) is 0 Å². The third kappa shape index (κ3) is 4.25. The Morgan fingerprint density at radius 1 is 1.35 bits per heavy atom. The fourth-order valence-corrected chi connectivity index (χ4v) is 3.12. The minimum Gasteiger partial charge on any atom is -0.258 e. The number of nitro groups is 1. The quantitative estimate of drug-likeness (QED) is 0.498. The number of nitro benzene ring substituents is 1. The summed E-state index contributed by atoms with van der Waals surface area (Å²) in [7, 11) is -1.40. The molecule has 0 fully saturated rings. The molecule has 0 saturated heterocycles. The van der Waals surface area contributed by atoms with E-state index in [0.29, 0.717) is 11.4 Å². The average Bonchev–Trinajstić information content (AvgIpc) is 2.48. The molecule has 0 aromatic heterocycles. The third-order valence-electron chi connectivity index (χ3n) is 3.31. The Balaban J connectivity index is 1.86. The SMILES string of the molecule is O=[N+]([O-])c1cccc([S@](=O)NCCC2=CCCCC2)c1. The van der Waals surface area contributed by atoms with Crippen molar-refractivity contribution in [1.82, 2.24) is 4.72 Å². The van der Waals surface area contributed by atoms with E-state index in [2.05, 4.69) is 10.8 Å². The summed E-state index contributed by atoms with van der Waals surface area (Å²) in [6.07, 6.45) is 7.92. The summed E-state index contributed by atoms with van der Waals surface area (Å²) in [5, 5.41) is 10.7. The van der Waals surface area contributed by atoms with Crippen molar-refractivity contribution in [2.45, 2.75) is 37.0 Å². The molecule has 0 aliphatic heterocycles. The van der Waals surface area contributed by atoms with E-state index < -0.39 is 15.9 Å². The van der Waals surface area contributed by atoms with E-state index in [1.807, 2.05) is 0 Å². The molecule has 1 aliphatic rings. The second-order valence-corrected chi connectivity index (χ2v) is 6.07. The summed E-state index contributed by atoms with van der Waals surface area (Å²) in [4.78, 5) is 10.6.